The lowest BCUT2D eigenvalue weighted by molar-refractivity contribution is -0.384. The third kappa shape index (κ3) is 4.40. The summed E-state index contributed by atoms with van der Waals surface area (Å²) < 4.78 is 5.04. The minimum atomic E-state index is -0.358. The Morgan fingerprint density at radius 2 is 2.29 bits per heavy atom. The van der Waals surface area contributed by atoms with Gasteiger partial charge in [-0.1, -0.05) is 24.8 Å². The maximum atomic E-state index is 11.0. The largest absolute Gasteiger partial charge is 0.379 e. The van der Waals surface area contributed by atoms with E-state index in [9.17, 15) is 10.1 Å². The number of aromatic nitrogens is 2. The van der Waals surface area contributed by atoms with Gasteiger partial charge in [0.1, 0.15) is 11.5 Å². The minimum Gasteiger partial charge on any atom is -0.379 e. The van der Waals surface area contributed by atoms with Crippen molar-refractivity contribution in [2.24, 2.45) is 0 Å². The molecular weight excluding hydrogens is 308 g/mol. The van der Waals surface area contributed by atoms with Gasteiger partial charge in [-0.15, -0.1) is 0 Å². The minimum absolute atomic E-state index is 0.115. The van der Waals surface area contributed by atoms with E-state index in [0.717, 1.165) is 22.1 Å². The van der Waals surface area contributed by atoms with E-state index in [0.29, 0.717) is 18.0 Å². The van der Waals surface area contributed by atoms with Gasteiger partial charge in [0.25, 0.3) is 5.69 Å². The Balaban J connectivity index is 2.10. The molecule has 1 aromatic heterocycles. The molecule has 8 heteroatoms. The number of hydrogen-bond donors (Lipinski definition) is 1. The molecule has 1 heterocycles. The normalized spacial score (nSPS) is 10.6. The lowest BCUT2D eigenvalue weighted by Crippen LogP contribution is -2.03. The Morgan fingerprint density at radius 1 is 1.48 bits per heavy atom. The zero-order valence-corrected chi connectivity index (χ0v) is 13.5. The Kier molecular flexibility index (Phi) is 5.51. The van der Waals surface area contributed by atoms with E-state index in [1.165, 1.54) is 11.5 Å². The van der Waals surface area contributed by atoms with E-state index in [-0.39, 0.29) is 10.6 Å². The second-order valence-electron chi connectivity index (χ2n) is 4.43. The van der Waals surface area contributed by atoms with Gasteiger partial charge in [-0.25, -0.2) is 4.98 Å². The molecule has 0 aliphatic heterocycles. The highest BCUT2D eigenvalue weighted by atomic mass is 32.2. The quantitative estimate of drug-likeness (QED) is 0.473. The van der Waals surface area contributed by atoms with Gasteiger partial charge in [-0.2, -0.15) is 4.37 Å². The Labute approximate surface area is 131 Å². The smallest absolute Gasteiger partial charge is 0.292 e. The van der Waals surface area contributed by atoms with Crippen LogP contribution in [0.4, 0.5) is 11.4 Å². The number of anilines is 1. The summed E-state index contributed by atoms with van der Waals surface area (Å²) in [6.45, 7) is 4.60. The van der Waals surface area contributed by atoms with Crippen LogP contribution in [0.5, 0.6) is 0 Å². The van der Waals surface area contributed by atoms with Crippen LogP contribution in [0.1, 0.15) is 24.7 Å². The molecule has 2 aromatic rings. The van der Waals surface area contributed by atoms with Gasteiger partial charge in [0.05, 0.1) is 4.92 Å². The molecule has 0 bridgehead atoms. The van der Waals surface area contributed by atoms with Crippen molar-refractivity contribution in [3.8, 4) is 0 Å². The van der Waals surface area contributed by atoms with Gasteiger partial charge >= 0.3 is 0 Å². The van der Waals surface area contributed by atoms with Crippen molar-refractivity contribution >= 4 is 34.7 Å². The molecule has 0 radical (unpaired) electrons. The van der Waals surface area contributed by atoms with Crippen LogP contribution in [-0.4, -0.2) is 20.8 Å². The average Bonchev–Trinajstić information content (AvgIpc) is 2.88. The molecule has 0 aliphatic rings. The zero-order chi connectivity index (χ0) is 15.2. The van der Waals surface area contributed by atoms with Crippen molar-refractivity contribution in [1.82, 2.24) is 9.36 Å². The van der Waals surface area contributed by atoms with Crippen molar-refractivity contribution in [2.75, 3.05) is 11.9 Å². The predicted octanol–water partition coefficient (Wildman–Crippen LogP) is 3.87. The molecule has 0 unspecified atom stereocenters. The maximum Gasteiger partial charge on any atom is 0.292 e. The van der Waals surface area contributed by atoms with Gasteiger partial charge in [0.15, 0.2) is 4.34 Å². The molecule has 0 spiro atoms. The van der Waals surface area contributed by atoms with Crippen LogP contribution >= 0.6 is 23.3 Å². The van der Waals surface area contributed by atoms with Gasteiger partial charge in [0, 0.05) is 18.4 Å². The number of rotatable bonds is 7. The van der Waals surface area contributed by atoms with E-state index in [2.05, 4.69) is 14.7 Å². The highest BCUT2D eigenvalue weighted by Gasteiger charge is 2.14. The van der Waals surface area contributed by atoms with Gasteiger partial charge < -0.3 is 5.32 Å². The third-order valence-corrected chi connectivity index (χ3v) is 4.69. The molecule has 0 saturated carbocycles. The predicted molar refractivity (Wildman–Crippen MR) is 86.1 cm³/mol. The molecule has 6 nitrogen and oxygen atoms in total. The van der Waals surface area contributed by atoms with Crippen molar-refractivity contribution in [3.05, 3.63) is 39.7 Å². The van der Waals surface area contributed by atoms with E-state index >= 15 is 0 Å². The summed E-state index contributed by atoms with van der Waals surface area (Å²) in [5.74, 6) is 1.49. The van der Waals surface area contributed by atoms with E-state index in [1.807, 2.05) is 19.9 Å². The topological polar surface area (TPSA) is 81.0 Å². The lowest BCUT2D eigenvalue weighted by Gasteiger charge is -2.08. The Bertz CT molecular complexity index is 630. The summed E-state index contributed by atoms with van der Waals surface area (Å²) in [5, 5.41) is 14.1. The summed E-state index contributed by atoms with van der Waals surface area (Å²) in [6.07, 6.45) is 0.917. The van der Waals surface area contributed by atoms with Crippen LogP contribution < -0.4 is 5.32 Å². The van der Waals surface area contributed by atoms with Crippen molar-refractivity contribution < 1.29 is 4.92 Å². The molecule has 0 saturated heterocycles. The van der Waals surface area contributed by atoms with Crippen LogP contribution in [-0.2, 0) is 5.75 Å². The molecule has 1 N–H and O–H groups in total. The zero-order valence-electron chi connectivity index (χ0n) is 11.8. The highest BCUT2D eigenvalue weighted by molar-refractivity contribution is 8.00. The highest BCUT2D eigenvalue weighted by Crippen LogP contribution is 2.29. The SMILES string of the molecule is CCCNc1cc(CSc2nc(C)ns2)ccc1[N+](=O)[O-]. The summed E-state index contributed by atoms with van der Waals surface area (Å²) in [6, 6.07) is 5.18. The molecule has 1 aromatic carbocycles. The molecule has 0 aliphatic carbocycles. The standard InChI is InChI=1S/C13H16N4O2S2/c1-3-6-14-11-7-10(4-5-12(11)17(18)19)8-20-13-15-9(2)16-21-13/h4-5,7,14H,3,6,8H2,1-2H3. The fourth-order valence-corrected chi connectivity index (χ4v) is 3.30. The third-order valence-electron chi connectivity index (χ3n) is 2.69. The van der Waals surface area contributed by atoms with Gasteiger partial charge in [-0.3, -0.25) is 10.1 Å². The van der Waals surface area contributed by atoms with Gasteiger partial charge in [-0.05, 0) is 36.5 Å². The van der Waals surface area contributed by atoms with Crippen molar-refractivity contribution in [1.29, 1.82) is 0 Å². The van der Waals surface area contributed by atoms with Crippen molar-refractivity contribution in [3.63, 3.8) is 0 Å². The van der Waals surface area contributed by atoms with Crippen molar-refractivity contribution in [2.45, 2.75) is 30.4 Å². The number of nitro groups is 1. The number of nitrogens with one attached hydrogen (secondary N) is 1. The first-order valence-electron chi connectivity index (χ1n) is 6.54. The number of thioether (sulfide) groups is 1. The Morgan fingerprint density at radius 3 is 2.90 bits per heavy atom. The molecule has 0 fully saturated rings. The maximum absolute atomic E-state index is 11.0. The summed E-state index contributed by atoms with van der Waals surface area (Å²) in [4.78, 5) is 15.0. The molecule has 2 rings (SSSR count). The average molecular weight is 324 g/mol. The Hall–Kier alpha value is -1.67. The molecule has 0 amide bonds. The molecule has 0 atom stereocenters. The summed E-state index contributed by atoms with van der Waals surface area (Å²) in [7, 11) is 0. The number of benzene rings is 1. The number of nitrogens with zero attached hydrogens (tertiary/aromatic N) is 3. The number of nitro benzene ring substituents is 1. The first-order chi connectivity index (χ1) is 10.1. The first kappa shape index (κ1) is 15.7. The van der Waals surface area contributed by atoms with Crippen LogP contribution in [0, 0.1) is 17.0 Å². The van der Waals surface area contributed by atoms with Gasteiger partial charge in [0.2, 0.25) is 0 Å². The van der Waals surface area contributed by atoms with Crippen LogP contribution in [0.25, 0.3) is 0 Å². The summed E-state index contributed by atoms with van der Waals surface area (Å²) in [5.41, 5.74) is 1.72. The molecular formula is C13H16N4O2S2. The fourth-order valence-electron chi connectivity index (χ4n) is 1.72. The van der Waals surface area contributed by atoms with Crippen LogP contribution in [0.15, 0.2) is 22.5 Å². The first-order valence-corrected chi connectivity index (χ1v) is 8.30. The lowest BCUT2D eigenvalue weighted by atomic mass is 10.2. The molecule has 112 valence electrons. The number of hydrogen-bond acceptors (Lipinski definition) is 7. The fraction of sp³-hybridized carbons (Fsp3) is 0.385. The second kappa shape index (κ2) is 7.37. The monoisotopic (exact) mass is 324 g/mol. The van der Waals surface area contributed by atoms with E-state index in [1.54, 1.807) is 23.9 Å². The van der Waals surface area contributed by atoms with E-state index in [4.69, 9.17) is 0 Å². The molecule has 21 heavy (non-hydrogen) atoms. The van der Waals surface area contributed by atoms with Crippen LogP contribution in [0.3, 0.4) is 0 Å². The van der Waals surface area contributed by atoms with Crippen LogP contribution in [0.2, 0.25) is 0 Å². The number of aryl methyl sites for hydroxylation is 1. The summed E-state index contributed by atoms with van der Waals surface area (Å²) >= 11 is 2.96. The van der Waals surface area contributed by atoms with E-state index < -0.39 is 0 Å². The second-order valence-corrected chi connectivity index (χ2v) is 6.41.